The minimum absolute atomic E-state index is 0.143. The van der Waals surface area contributed by atoms with Crippen molar-refractivity contribution in [3.8, 4) is 0 Å². The topological polar surface area (TPSA) is 62.6 Å². The second-order valence-electron chi connectivity index (χ2n) is 6.38. The number of aryl methyl sites for hydroxylation is 1. The molecule has 1 aromatic heterocycles. The van der Waals surface area contributed by atoms with Crippen molar-refractivity contribution < 1.29 is 18.4 Å². The van der Waals surface area contributed by atoms with Crippen molar-refractivity contribution in [1.29, 1.82) is 0 Å². The van der Waals surface area contributed by atoms with Gasteiger partial charge in [0, 0.05) is 24.9 Å². The third-order valence-corrected chi connectivity index (χ3v) is 5.79. The number of nitrogens with zero attached hydrogens (tertiary/aromatic N) is 1. The fourth-order valence-electron chi connectivity index (χ4n) is 2.92. The van der Waals surface area contributed by atoms with E-state index in [1.165, 1.54) is 17.8 Å². The van der Waals surface area contributed by atoms with Gasteiger partial charge in [-0.05, 0) is 31.0 Å². The highest BCUT2D eigenvalue weighted by atomic mass is 32.2. The fourth-order valence-corrected chi connectivity index (χ4v) is 4.08. The first-order valence-corrected chi connectivity index (χ1v) is 9.44. The minimum atomic E-state index is -0.568. The van der Waals surface area contributed by atoms with Gasteiger partial charge >= 0.3 is 0 Å². The zero-order valence-electron chi connectivity index (χ0n) is 14.7. The number of amides is 2. The molecule has 0 spiro atoms. The molecule has 26 heavy (non-hydrogen) atoms. The van der Waals surface area contributed by atoms with E-state index in [1.54, 1.807) is 36.4 Å². The molecule has 1 N–H and O–H groups in total. The van der Waals surface area contributed by atoms with E-state index in [-0.39, 0.29) is 17.6 Å². The zero-order chi connectivity index (χ0) is 18.7. The Morgan fingerprint density at radius 2 is 2.12 bits per heavy atom. The van der Waals surface area contributed by atoms with E-state index in [1.807, 2.05) is 13.0 Å². The summed E-state index contributed by atoms with van der Waals surface area (Å²) in [5, 5.41) is 2.39. The Kier molecular flexibility index (Phi) is 5.66. The Hall–Kier alpha value is -2.28. The van der Waals surface area contributed by atoms with Crippen LogP contribution in [0.3, 0.4) is 0 Å². The number of hydrogen-bond donors (Lipinski definition) is 1. The number of hydrogen-bond acceptors (Lipinski definition) is 4. The lowest BCUT2D eigenvalue weighted by molar-refractivity contribution is -0.135. The first-order valence-electron chi connectivity index (χ1n) is 8.39. The smallest absolute Gasteiger partial charge is 0.246 e. The summed E-state index contributed by atoms with van der Waals surface area (Å²) >= 11 is 1.40. The predicted molar refractivity (Wildman–Crippen MR) is 98.2 cm³/mol. The second-order valence-corrected chi connectivity index (χ2v) is 7.61. The zero-order valence-corrected chi connectivity index (χ0v) is 15.5. The van der Waals surface area contributed by atoms with Crippen LogP contribution < -0.4 is 5.32 Å². The van der Waals surface area contributed by atoms with Gasteiger partial charge in [0.25, 0.3) is 0 Å². The SMILES string of the molecule is Cc1occc1CN(C)C(=O)[C@@H]1CS[C@H](Cc2ccccc2F)C(=O)N1. The van der Waals surface area contributed by atoms with Gasteiger partial charge in [0.2, 0.25) is 11.8 Å². The van der Waals surface area contributed by atoms with Gasteiger partial charge in [-0.3, -0.25) is 9.59 Å². The van der Waals surface area contributed by atoms with Crippen LogP contribution in [0, 0.1) is 12.7 Å². The molecule has 0 radical (unpaired) electrons. The van der Waals surface area contributed by atoms with Gasteiger partial charge < -0.3 is 14.6 Å². The number of carbonyl (C=O) groups excluding carboxylic acids is 2. The lowest BCUT2D eigenvalue weighted by Gasteiger charge is -2.30. The number of furan rings is 1. The van der Waals surface area contributed by atoms with Crippen LogP contribution in [0.5, 0.6) is 0 Å². The Bertz CT molecular complexity index is 808. The molecule has 2 atom stereocenters. The van der Waals surface area contributed by atoms with Crippen LogP contribution >= 0.6 is 11.8 Å². The monoisotopic (exact) mass is 376 g/mol. The summed E-state index contributed by atoms with van der Waals surface area (Å²) in [5.74, 6) is 0.566. The summed E-state index contributed by atoms with van der Waals surface area (Å²) in [6, 6.07) is 7.71. The molecule has 0 unspecified atom stereocenters. The van der Waals surface area contributed by atoms with Crippen LogP contribution in [0.25, 0.3) is 0 Å². The summed E-state index contributed by atoms with van der Waals surface area (Å²) in [4.78, 5) is 26.6. The molecule has 2 heterocycles. The minimum Gasteiger partial charge on any atom is -0.469 e. The molecule has 1 aliphatic rings. The van der Waals surface area contributed by atoms with E-state index in [0.29, 0.717) is 24.3 Å². The average Bonchev–Trinajstić information content (AvgIpc) is 3.02. The van der Waals surface area contributed by atoms with Crippen molar-refractivity contribution in [2.75, 3.05) is 12.8 Å². The van der Waals surface area contributed by atoms with Gasteiger partial charge in [-0.2, -0.15) is 0 Å². The standard InChI is InChI=1S/C19H21FN2O3S/c1-12-14(7-8-25-12)10-22(2)19(24)16-11-26-17(18(23)21-16)9-13-5-3-4-6-15(13)20/h3-8,16-17H,9-11H2,1-2H3,(H,21,23)/t16-,17+/m0/s1. The number of carbonyl (C=O) groups is 2. The molecule has 1 saturated heterocycles. The van der Waals surface area contributed by atoms with Crippen LogP contribution in [0.2, 0.25) is 0 Å². The normalized spacial score (nSPS) is 19.9. The second kappa shape index (κ2) is 7.95. The highest BCUT2D eigenvalue weighted by Crippen LogP contribution is 2.24. The molecule has 0 saturated carbocycles. The van der Waals surface area contributed by atoms with Crippen molar-refractivity contribution in [3.05, 3.63) is 59.3 Å². The van der Waals surface area contributed by atoms with E-state index in [0.717, 1.165) is 11.3 Å². The van der Waals surface area contributed by atoms with Crippen LogP contribution in [0.4, 0.5) is 4.39 Å². The van der Waals surface area contributed by atoms with Crippen LogP contribution in [0.1, 0.15) is 16.9 Å². The summed E-state index contributed by atoms with van der Waals surface area (Å²) < 4.78 is 19.0. The molecular formula is C19H21FN2O3S. The van der Waals surface area contributed by atoms with Crippen LogP contribution in [-0.2, 0) is 22.6 Å². The molecule has 138 valence electrons. The first kappa shape index (κ1) is 18.5. The lowest BCUT2D eigenvalue weighted by Crippen LogP contribution is -2.54. The van der Waals surface area contributed by atoms with Crippen molar-refractivity contribution in [2.24, 2.45) is 0 Å². The van der Waals surface area contributed by atoms with E-state index in [2.05, 4.69) is 5.32 Å². The number of rotatable bonds is 5. The maximum Gasteiger partial charge on any atom is 0.246 e. The number of halogens is 1. The molecule has 5 nitrogen and oxygen atoms in total. The number of thioether (sulfide) groups is 1. The van der Waals surface area contributed by atoms with Crippen LogP contribution in [-0.4, -0.2) is 40.8 Å². The van der Waals surface area contributed by atoms with E-state index in [9.17, 15) is 14.0 Å². The first-order chi connectivity index (χ1) is 12.5. The lowest BCUT2D eigenvalue weighted by atomic mass is 10.1. The molecule has 2 aromatic rings. The van der Waals surface area contributed by atoms with Gasteiger partial charge in [0.05, 0.1) is 11.5 Å². The Balaban J connectivity index is 1.57. The Labute approximate surface area is 155 Å². The van der Waals surface area contributed by atoms with Crippen molar-refractivity contribution in [2.45, 2.75) is 31.2 Å². The Morgan fingerprint density at radius 1 is 1.35 bits per heavy atom. The summed E-state index contributed by atoms with van der Waals surface area (Å²) in [7, 11) is 1.71. The molecule has 1 aromatic carbocycles. The molecule has 1 aliphatic heterocycles. The number of likely N-dealkylation sites (N-methyl/N-ethyl adjacent to an activating group) is 1. The van der Waals surface area contributed by atoms with Crippen molar-refractivity contribution in [3.63, 3.8) is 0 Å². The van der Waals surface area contributed by atoms with E-state index >= 15 is 0 Å². The van der Waals surface area contributed by atoms with Crippen molar-refractivity contribution >= 4 is 23.6 Å². The predicted octanol–water partition coefficient (Wildman–Crippen LogP) is 2.53. The third-order valence-electron chi connectivity index (χ3n) is 4.48. The summed E-state index contributed by atoms with van der Waals surface area (Å²) in [5.41, 5.74) is 1.45. The molecule has 1 fully saturated rings. The van der Waals surface area contributed by atoms with Gasteiger partial charge in [-0.25, -0.2) is 4.39 Å². The fraction of sp³-hybridized carbons (Fsp3) is 0.368. The molecule has 0 aliphatic carbocycles. The van der Waals surface area contributed by atoms with Gasteiger partial charge in [0.1, 0.15) is 17.6 Å². The highest BCUT2D eigenvalue weighted by molar-refractivity contribution is 8.00. The Morgan fingerprint density at radius 3 is 2.77 bits per heavy atom. The average molecular weight is 376 g/mol. The highest BCUT2D eigenvalue weighted by Gasteiger charge is 2.34. The largest absolute Gasteiger partial charge is 0.469 e. The van der Waals surface area contributed by atoms with Gasteiger partial charge in [0.15, 0.2) is 0 Å². The van der Waals surface area contributed by atoms with Gasteiger partial charge in [-0.15, -0.1) is 11.8 Å². The molecule has 0 bridgehead atoms. The van der Waals surface area contributed by atoms with Crippen LogP contribution in [0.15, 0.2) is 41.0 Å². The third kappa shape index (κ3) is 4.09. The molecule has 2 amide bonds. The molecular weight excluding hydrogens is 355 g/mol. The van der Waals surface area contributed by atoms with E-state index in [4.69, 9.17) is 4.42 Å². The molecule has 7 heteroatoms. The summed E-state index contributed by atoms with van der Waals surface area (Å²) in [6.45, 7) is 2.27. The number of benzene rings is 1. The maximum atomic E-state index is 13.8. The maximum absolute atomic E-state index is 13.8. The van der Waals surface area contributed by atoms with E-state index < -0.39 is 11.3 Å². The quantitative estimate of drug-likeness (QED) is 0.871. The molecule has 3 rings (SSSR count). The van der Waals surface area contributed by atoms with Gasteiger partial charge in [-0.1, -0.05) is 18.2 Å². The van der Waals surface area contributed by atoms with Crippen molar-refractivity contribution in [1.82, 2.24) is 10.2 Å². The number of nitrogens with one attached hydrogen (secondary N) is 1. The summed E-state index contributed by atoms with van der Waals surface area (Å²) in [6.07, 6.45) is 1.91.